The first-order chi connectivity index (χ1) is 9.96. The number of piperidine rings is 1. The van der Waals surface area contributed by atoms with Crippen LogP contribution in [-0.4, -0.2) is 38.4 Å². The standard InChI is InChI=1S/C15H21NO4S/c1-3-20-15(17)13-8-6-10-16(11-13)21(18,19)14-9-5-4-7-12(14)2/h4-5,7,9,13H,3,6,8,10-11H2,1-2H3/t13-/m0/s1. The van der Waals surface area contributed by atoms with Crippen molar-refractivity contribution < 1.29 is 17.9 Å². The number of esters is 1. The van der Waals surface area contributed by atoms with E-state index in [0.717, 1.165) is 5.56 Å². The predicted molar refractivity (Wildman–Crippen MR) is 79.3 cm³/mol. The number of sulfonamides is 1. The average molecular weight is 311 g/mol. The summed E-state index contributed by atoms with van der Waals surface area (Å²) in [6.45, 7) is 4.50. The van der Waals surface area contributed by atoms with Crippen molar-refractivity contribution in [1.29, 1.82) is 0 Å². The Balaban J connectivity index is 2.21. The van der Waals surface area contributed by atoms with Gasteiger partial charge in [-0.15, -0.1) is 0 Å². The van der Waals surface area contributed by atoms with Gasteiger partial charge in [0.25, 0.3) is 0 Å². The fourth-order valence-electron chi connectivity index (χ4n) is 2.60. The summed E-state index contributed by atoms with van der Waals surface area (Å²) in [7, 11) is -3.55. The zero-order valence-corrected chi connectivity index (χ0v) is 13.2. The third-order valence-electron chi connectivity index (χ3n) is 3.72. The molecule has 0 saturated carbocycles. The van der Waals surface area contributed by atoms with Gasteiger partial charge >= 0.3 is 5.97 Å². The summed E-state index contributed by atoms with van der Waals surface area (Å²) in [4.78, 5) is 12.1. The number of carbonyl (C=O) groups excluding carboxylic acids is 1. The van der Waals surface area contributed by atoms with Crippen LogP contribution < -0.4 is 0 Å². The fourth-order valence-corrected chi connectivity index (χ4v) is 4.35. The molecule has 21 heavy (non-hydrogen) atoms. The van der Waals surface area contributed by atoms with E-state index in [2.05, 4.69) is 0 Å². The van der Waals surface area contributed by atoms with Crippen molar-refractivity contribution in [2.75, 3.05) is 19.7 Å². The third kappa shape index (κ3) is 3.44. The second-order valence-electron chi connectivity index (χ2n) is 5.22. The Bertz CT molecular complexity index is 612. The van der Waals surface area contributed by atoms with Gasteiger partial charge in [0, 0.05) is 13.1 Å². The Morgan fingerprint density at radius 3 is 2.76 bits per heavy atom. The fraction of sp³-hybridized carbons (Fsp3) is 0.533. The maximum Gasteiger partial charge on any atom is 0.310 e. The highest BCUT2D eigenvalue weighted by Crippen LogP contribution is 2.26. The Morgan fingerprint density at radius 1 is 1.38 bits per heavy atom. The number of hydrogen-bond donors (Lipinski definition) is 0. The van der Waals surface area contributed by atoms with Crippen molar-refractivity contribution in [2.24, 2.45) is 5.92 Å². The van der Waals surface area contributed by atoms with Gasteiger partial charge in [0.2, 0.25) is 10.0 Å². The van der Waals surface area contributed by atoms with Crippen molar-refractivity contribution >= 4 is 16.0 Å². The monoisotopic (exact) mass is 311 g/mol. The predicted octanol–water partition coefficient (Wildman–Crippen LogP) is 1.96. The second kappa shape index (κ2) is 6.58. The first-order valence-corrected chi connectivity index (χ1v) is 8.63. The maximum absolute atomic E-state index is 12.7. The van der Waals surface area contributed by atoms with Crippen LogP contribution >= 0.6 is 0 Å². The third-order valence-corrected chi connectivity index (χ3v) is 5.74. The molecule has 6 heteroatoms. The van der Waals surface area contributed by atoms with Crippen LogP contribution in [0.4, 0.5) is 0 Å². The summed E-state index contributed by atoms with van der Waals surface area (Å²) in [6.07, 6.45) is 1.35. The maximum atomic E-state index is 12.7. The molecule has 1 saturated heterocycles. The molecule has 1 aliphatic rings. The van der Waals surface area contributed by atoms with Gasteiger partial charge in [-0.2, -0.15) is 4.31 Å². The van der Waals surface area contributed by atoms with E-state index >= 15 is 0 Å². The van der Waals surface area contributed by atoms with Gasteiger partial charge in [-0.1, -0.05) is 18.2 Å². The minimum Gasteiger partial charge on any atom is -0.466 e. The van der Waals surface area contributed by atoms with Crippen LogP contribution in [0.15, 0.2) is 29.2 Å². The molecule has 0 unspecified atom stereocenters. The van der Waals surface area contributed by atoms with Crippen LogP contribution in [0.25, 0.3) is 0 Å². The summed E-state index contributed by atoms with van der Waals surface area (Å²) >= 11 is 0. The molecule has 1 aliphatic heterocycles. The molecule has 1 atom stereocenters. The number of ether oxygens (including phenoxy) is 1. The van der Waals surface area contributed by atoms with Crippen molar-refractivity contribution in [3.63, 3.8) is 0 Å². The highest BCUT2D eigenvalue weighted by Gasteiger charge is 2.34. The Kier molecular flexibility index (Phi) is 5.00. The van der Waals surface area contributed by atoms with E-state index in [4.69, 9.17) is 4.74 Å². The van der Waals surface area contributed by atoms with Gasteiger partial charge in [0.15, 0.2) is 0 Å². The normalized spacial score (nSPS) is 20.2. The SMILES string of the molecule is CCOC(=O)[C@H]1CCCN(S(=O)(=O)c2ccccc2C)C1. The summed E-state index contributed by atoms with van der Waals surface area (Å²) in [5.74, 6) is -0.667. The molecule has 0 N–H and O–H groups in total. The molecular weight excluding hydrogens is 290 g/mol. The molecule has 0 radical (unpaired) electrons. The van der Waals surface area contributed by atoms with Gasteiger partial charge in [0.05, 0.1) is 17.4 Å². The zero-order chi connectivity index (χ0) is 15.5. The zero-order valence-electron chi connectivity index (χ0n) is 12.4. The van der Waals surface area contributed by atoms with E-state index in [1.165, 1.54) is 4.31 Å². The number of hydrogen-bond acceptors (Lipinski definition) is 4. The summed E-state index contributed by atoms with van der Waals surface area (Å²) in [5, 5.41) is 0. The van der Waals surface area contributed by atoms with Gasteiger partial charge in [-0.25, -0.2) is 8.42 Å². The largest absolute Gasteiger partial charge is 0.466 e. The summed E-state index contributed by atoms with van der Waals surface area (Å²) in [5.41, 5.74) is 0.718. The van der Waals surface area contributed by atoms with Crippen LogP contribution in [-0.2, 0) is 19.6 Å². The van der Waals surface area contributed by atoms with Crippen molar-refractivity contribution in [3.8, 4) is 0 Å². The molecule has 0 aromatic heterocycles. The van der Waals surface area contributed by atoms with Gasteiger partial charge in [-0.05, 0) is 38.3 Å². The molecule has 1 heterocycles. The van der Waals surface area contributed by atoms with Crippen LogP contribution in [0.2, 0.25) is 0 Å². The number of benzene rings is 1. The molecule has 1 aromatic carbocycles. The minimum absolute atomic E-state index is 0.204. The first kappa shape index (κ1) is 16.0. The Morgan fingerprint density at radius 2 is 2.10 bits per heavy atom. The number of carbonyl (C=O) groups is 1. The van der Waals surface area contributed by atoms with Crippen molar-refractivity contribution in [1.82, 2.24) is 4.31 Å². The van der Waals surface area contributed by atoms with Crippen LogP contribution in [0.5, 0.6) is 0 Å². The lowest BCUT2D eigenvalue weighted by Gasteiger charge is -2.31. The van der Waals surface area contributed by atoms with Crippen LogP contribution in [0, 0.1) is 12.8 Å². The van der Waals surface area contributed by atoms with Gasteiger partial charge in [-0.3, -0.25) is 4.79 Å². The minimum atomic E-state index is -3.55. The van der Waals surface area contributed by atoms with Crippen molar-refractivity contribution in [2.45, 2.75) is 31.6 Å². The van der Waals surface area contributed by atoms with E-state index in [0.29, 0.717) is 30.9 Å². The molecule has 116 valence electrons. The summed E-state index contributed by atoms with van der Waals surface area (Å²) in [6, 6.07) is 6.91. The Labute approximate surface area is 126 Å². The smallest absolute Gasteiger partial charge is 0.310 e. The van der Waals surface area contributed by atoms with Crippen LogP contribution in [0.3, 0.4) is 0 Å². The molecular formula is C15H21NO4S. The van der Waals surface area contributed by atoms with E-state index in [-0.39, 0.29) is 18.4 Å². The quantitative estimate of drug-likeness (QED) is 0.797. The van der Waals surface area contributed by atoms with E-state index in [1.807, 2.05) is 6.07 Å². The first-order valence-electron chi connectivity index (χ1n) is 7.19. The lowest BCUT2D eigenvalue weighted by atomic mass is 10.0. The van der Waals surface area contributed by atoms with E-state index < -0.39 is 10.0 Å². The molecule has 0 amide bonds. The van der Waals surface area contributed by atoms with Gasteiger partial charge in [0.1, 0.15) is 0 Å². The van der Waals surface area contributed by atoms with Crippen molar-refractivity contribution in [3.05, 3.63) is 29.8 Å². The highest BCUT2D eigenvalue weighted by atomic mass is 32.2. The number of aryl methyl sites for hydroxylation is 1. The molecule has 0 bridgehead atoms. The molecule has 2 rings (SSSR count). The second-order valence-corrected chi connectivity index (χ2v) is 7.13. The topological polar surface area (TPSA) is 63.7 Å². The lowest BCUT2D eigenvalue weighted by Crippen LogP contribution is -2.42. The number of nitrogens with zero attached hydrogens (tertiary/aromatic N) is 1. The highest BCUT2D eigenvalue weighted by molar-refractivity contribution is 7.89. The Hall–Kier alpha value is -1.40. The molecule has 1 fully saturated rings. The van der Waals surface area contributed by atoms with E-state index in [9.17, 15) is 13.2 Å². The molecule has 5 nitrogen and oxygen atoms in total. The molecule has 0 spiro atoms. The molecule has 1 aromatic rings. The number of rotatable bonds is 4. The lowest BCUT2D eigenvalue weighted by molar-refractivity contribution is -0.149. The van der Waals surface area contributed by atoms with Gasteiger partial charge < -0.3 is 4.74 Å². The average Bonchev–Trinajstić information content (AvgIpc) is 2.48. The van der Waals surface area contributed by atoms with Crippen LogP contribution in [0.1, 0.15) is 25.3 Å². The molecule has 0 aliphatic carbocycles. The summed E-state index contributed by atoms with van der Waals surface area (Å²) < 4.78 is 31.8. The van der Waals surface area contributed by atoms with E-state index in [1.54, 1.807) is 32.0 Å².